The Kier molecular flexibility index (Phi) is 5.72. The number of nitrogens with zero attached hydrogens (tertiary/aromatic N) is 3. The number of aromatic nitrogens is 3. The van der Waals surface area contributed by atoms with Crippen LogP contribution in [0.3, 0.4) is 0 Å². The summed E-state index contributed by atoms with van der Waals surface area (Å²) in [6.45, 7) is 5.41. The average molecular weight is 330 g/mol. The Morgan fingerprint density at radius 3 is 2.83 bits per heavy atom. The summed E-state index contributed by atoms with van der Waals surface area (Å²) in [5.74, 6) is 2.52. The number of anilines is 1. The lowest BCUT2D eigenvalue weighted by Crippen LogP contribution is -2.23. The SMILES string of the molecule is CCCC[C@@H](CCO)Nc1nc(C)nc2ccn(CC3CCC3)c12. The molecule has 0 amide bonds. The fourth-order valence-electron chi connectivity index (χ4n) is 3.52. The van der Waals surface area contributed by atoms with Gasteiger partial charge in [0.25, 0.3) is 0 Å². The maximum Gasteiger partial charge on any atom is 0.154 e. The molecule has 1 fully saturated rings. The highest BCUT2D eigenvalue weighted by molar-refractivity contribution is 5.86. The lowest BCUT2D eigenvalue weighted by atomic mass is 9.85. The standard InChI is InChI=1S/C19H30N4O/c1-3-4-8-16(10-12-24)22-19-18-17(20-14(2)21-19)9-11-23(18)13-15-6-5-7-15/h9,11,15-16,24H,3-8,10,12-13H2,1-2H3,(H,20,21,22)/t16-/m0/s1. The molecule has 5 nitrogen and oxygen atoms in total. The second-order valence-electron chi connectivity index (χ2n) is 7.11. The fraction of sp³-hybridized carbons (Fsp3) is 0.684. The molecule has 0 aliphatic heterocycles. The Hall–Kier alpha value is -1.62. The number of unbranched alkanes of at least 4 members (excludes halogenated alkanes) is 1. The summed E-state index contributed by atoms with van der Waals surface area (Å²) < 4.78 is 2.32. The number of hydrogen-bond acceptors (Lipinski definition) is 4. The normalized spacial score (nSPS) is 16.3. The molecule has 1 aliphatic rings. The first kappa shape index (κ1) is 17.2. The minimum Gasteiger partial charge on any atom is -0.396 e. The van der Waals surface area contributed by atoms with Gasteiger partial charge in [0.05, 0.1) is 5.52 Å². The van der Waals surface area contributed by atoms with Gasteiger partial charge in [-0.1, -0.05) is 26.2 Å². The van der Waals surface area contributed by atoms with Crippen LogP contribution >= 0.6 is 0 Å². The summed E-state index contributed by atoms with van der Waals surface area (Å²) in [7, 11) is 0. The molecular weight excluding hydrogens is 300 g/mol. The largest absolute Gasteiger partial charge is 0.396 e. The number of nitrogens with one attached hydrogen (secondary N) is 1. The van der Waals surface area contributed by atoms with Crippen molar-refractivity contribution in [2.24, 2.45) is 5.92 Å². The third-order valence-electron chi connectivity index (χ3n) is 5.13. The van der Waals surface area contributed by atoms with Crippen molar-refractivity contribution in [3.63, 3.8) is 0 Å². The predicted octanol–water partition coefficient (Wildman–Crippen LogP) is 3.89. The second kappa shape index (κ2) is 7.97. The Balaban J connectivity index is 1.87. The van der Waals surface area contributed by atoms with Crippen LogP contribution < -0.4 is 5.32 Å². The van der Waals surface area contributed by atoms with Crippen LogP contribution in [-0.4, -0.2) is 32.3 Å². The van der Waals surface area contributed by atoms with Gasteiger partial charge in [-0.15, -0.1) is 0 Å². The highest BCUT2D eigenvalue weighted by Crippen LogP contribution is 2.31. The maximum atomic E-state index is 9.38. The van der Waals surface area contributed by atoms with Gasteiger partial charge in [-0.3, -0.25) is 0 Å². The van der Waals surface area contributed by atoms with Crippen molar-refractivity contribution in [2.75, 3.05) is 11.9 Å². The van der Waals surface area contributed by atoms with Crippen molar-refractivity contribution in [2.45, 2.75) is 71.4 Å². The molecule has 0 unspecified atom stereocenters. The summed E-state index contributed by atoms with van der Waals surface area (Å²) in [5, 5.41) is 13.0. The molecule has 132 valence electrons. The Bertz CT molecular complexity index is 663. The third kappa shape index (κ3) is 3.89. The summed E-state index contributed by atoms with van der Waals surface area (Å²) in [4.78, 5) is 9.29. The molecule has 5 heteroatoms. The first-order valence-electron chi connectivity index (χ1n) is 9.42. The molecule has 0 bridgehead atoms. The molecule has 1 atom stereocenters. The zero-order chi connectivity index (χ0) is 16.9. The van der Waals surface area contributed by atoms with E-state index in [1.54, 1.807) is 0 Å². The van der Waals surface area contributed by atoms with E-state index < -0.39 is 0 Å². The van der Waals surface area contributed by atoms with Crippen molar-refractivity contribution in [3.8, 4) is 0 Å². The zero-order valence-electron chi connectivity index (χ0n) is 15.0. The Morgan fingerprint density at radius 1 is 1.33 bits per heavy atom. The fourth-order valence-corrected chi connectivity index (χ4v) is 3.52. The minimum absolute atomic E-state index is 0.206. The summed E-state index contributed by atoms with van der Waals surface area (Å²) in [5.41, 5.74) is 2.13. The Morgan fingerprint density at radius 2 is 2.17 bits per heavy atom. The van der Waals surface area contributed by atoms with E-state index in [4.69, 9.17) is 4.98 Å². The molecule has 24 heavy (non-hydrogen) atoms. The van der Waals surface area contributed by atoms with Gasteiger partial charge < -0.3 is 15.0 Å². The molecule has 2 heterocycles. The topological polar surface area (TPSA) is 63.0 Å². The first-order valence-corrected chi connectivity index (χ1v) is 9.42. The van der Waals surface area contributed by atoms with Crippen molar-refractivity contribution in [3.05, 3.63) is 18.1 Å². The number of aliphatic hydroxyl groups excluding tert-OH is 1. The van der Waals surface area contributed by atoms with Crippen LogP contribution in [0.2, 0.25) is 0 Å². The van der Waals surface area contributed by atoms with Crippen LogP contribution in [0.25, 0.3) is 11.0 Å². The van der Waals surface area contributed by atoms with E-state index >= 15 is 0 Å². The molecule has 1 aliphatic carbocycles. The van der Waals surface area contributed by atoms with Crippen molar-refractivity contribution >= 4 is 16.9 Å². The number of aryl methyl sites for hydroxylation is 1. The minimum atomic E-state index is 0.206. The number of hydrogen-bond donors (Lipinski definition) is 2. The van der Waals surface area contributed by atoms with E-state index in [1.165, 1.54) is 25.7 Å². The molecule has 0 radical (unpaired) electrons. The Labute approximate surface area is 144 Å². The van der Waals surface area contributed by atoms with Gasteiger partial charge in [-0.2, -0.15) is 0 Å². The van der Waals surface area contributed by atoms with Gasteiger partial charge >= 0.3 is 0 Å². The van der Waals surface area contributed by atoms with E-state index in [9.17, 15) is 5.11 Å². The van der Waals surface area contributed by atoms with Gasteiger partial charge in [0.1, 0.15) is 11.3 Å². The maximum absolute atomic E-state index is 9.38. The molecule has 0 saturated heterocycles. The van der Waals surface area contributed by atoms with Crippen molar-refractivity contribution in [1.29, 1.82) is 0 Å². The highest BCUT2D eigenvalue weighted by atomic mass is 16.3. The lowest BCUT2D eigenvalue weighted by molar-refractivity contribution is 0.276. The van der Waals surface area contributed by atoms with Crippen molar-refractivity contribution < 1.29 is 5.11 Å². The van der Waals surface area contributed by atoms with E-state index in [1.807, 2.05) is 6.92 Å². The molecule has 0 spiro atoms. The van der Waals surface area contributed by atoms with Gasteiger partial charge in [0, 0.05) is 25.4 Å². The summed E-state index contributed by atoms with van der Waals surface area (Å²) in [6.07, 6.45) is 10.3. The van der Waals surface area contributed by atoms with E-state index in [0.717, 1.165) is 54.4 Å². The van der Waals surface area contributed by atoms with Gasteiger partial charge in [0.15, 0.2) is 5.82 Å². The number of fused-ring (bicyclic) bond motifs is 1. The molecule has 2 aromatic heterocycles. The van der Waals surface area contributed by atoms with Crippen molar-refractivity contribution in [1.82, 2.24) is 14.5 Å². The summed E-state index contributed by atoms with van der Waals surface area (Å²) >= 11 is 0. The van der Waals surface area contributed by atoms with E-state index in [-0.39, 0.29) is 12.6 Å². The monoisotopic (exact) mass is 330 g/mol. The average Bonchev–Trinajstić information content (AvgIpc) is 2.91. The molecule has 0 aromatic carbocycles. The van der Waals surface area contributed by atoms with Crippen LogP contribution in [0.1, 0.15) is 57.7 Å². The lowest BCUT2D eigenvalue weighted by Gasteiger charge is -2.26. The quantitative estimate of drug-likeness (QED) is 0.732. The molecular formula is C19H30N4O. The zero-order valence-corrected chi connectivity index (χ0v) is 15.0. The van der Waals surface area contributed by atoms with Crippen LogP contribution in [0.5, 0.6) is 0 Å². The van der Waals surface area contributed by atoms with Gasteiger partial charge in [0.2, 0.25) is 0 Å². The second-order valence-corrected chi connectivity index (χ2v) is 7.11. The number of rotatable bonds is 9. The smallest absolute Gasteiger partial charge is 0.154 e. The van der Waals surface area contributed by atoms with Crippen LogP contribution in [0.4, 0.5) is 5.82 Å². The highest BCUT2D eigenvalue weighted by Gasteiger charge is 2.21. The third-order valence-corrected chi connectivity index (χ3v) is 5.13. The van der Waals surface area contributed by atoms with E-state index in [2.05, 4.69) is 34.1 Å². The van der Waals surface area contributed by atoms with Crippen LogP contribution in [0.15, 0.2) is 12.3 Å². The first-order chi connectivity index (χ1) is 11.7. The van der Waals surface area contributed by atoms with Crippen LogP contribution in [0, 0.1) is 12.8 Å². The predicted molar refractivity (Wildman–Crippen MR) is 98.2 cm³/mol. The molecule has 3 rings (SSSR count). The van der Waals surface area contributed by atoms with Gasteiger partial charge in [-0.05, 0) is 44.6 Å². The molecule has 2 aromatic rings. The molecule has 1 saturated carbocycles. The van der Waals surface area contributed by atoms with E-state index in [0.29, 0.717) is 0 Å². The summed E-state index contributed by atoms with van der Waals surface area (Å²) in [6, 6.07) is 2.36. The van der Waals surface area contributed by atoms with Gasteiger partial charge in [-0.25, -0.2) is 9.97 Å². The molecule has 2 N–H and O–H groups in total. The van der Waals surface area contributed by atoms with Crippen LogP contribution in [-0.2, 0) is 6.54 Å². The number of aliphatic hydroxyl groups is 1.